The molecule has 2 fully saturated rings. The van der Waals surface area contributed by atoms with Crippen LogP contribution >= 0.6 is 11.8 Å². The predicted octanol–water partition coefficient (Wildman–Crippen LogP) is 3.26. The van der Waals surface area contributed by atoms with E-state index >= 15 is 0 Å². The van der Waals surface area contributed by atoms with Gasteiger partial charge in [-0.3, -0.25) is 19.3 Å². The highest BCUT2D eigenvalue weighted by Crippen LogP contribution is 2.33. The largest absolute Gasteiger partial charge is 0.378 e. The lowest BCUT2D eigenvalue weighted by Crippen LogP contribution is -2.38. The van der Waals surface area contributed by atoms with Crippen molar-refractivity contribution in [1.29, 1.82) is 0 Å². The maximum absolute atomic E-state index is 12.8. The number of thioether (sulfide) groups is 1. The van der Waals surface area contributed by atoms with Crippen LogP contribution < -0.4 is 15.1 Å². The Bertz CT molecular complexity index is 1080. The number of imide groups is 1. The molecule has 8 nitrogen and oxygen atoms in total. The highest BCUT2D eigenvalue weighted by molar-refractivity contribution is 8.18. The molecule has 0 saturated carbocycles. The van der Waals surface area contributed by atoms with Crippen LogP contribution in [0.4, 0.5) is 21.9 Å². The molecule has 4 rings (SSSR count). The molecular weight excluding hydrogens is 440 g/mol. The second-order valence-corrected chi connectivity index (χ2v) is 8.91. The Morgan fingerprint density at radius 3 is 2.48 bits per heavy atom. The van der Waals surface area contributed by atoms with Gasteiger partial charge in [-0.25, -0.2) is 0 Å². The smallest absolute Gasteiger partial charge is 0.294 e. The van der Waals surface area contributed by atoms with Crippen molar-refractivity contribution in [3.05, 3.63) is 59.0 Å². The number of nitrogens with zero attached hydrogens (tertiary/aromatic N) is 3. The third-order valence-electron chi connectivity index (χ3n) is 5.41. The van der Waals surface area contributed by atoms with Gasteiger partial charge >= 0.3 is 0 Å². The molecule has 9 heteroatoms. The Kier molecular flexibility index (Phi) is 7.00. The Morgan fingerprint density at radius 2 is 1.79 bits per heavy atom. The van der Waals surface area contributed by atoms with Gasteiger partial charge in [0.1, 0.15) is 6.54 Å². The fourth-order valence-electron chi connectivity index (χ4n) is 3.65. The first kappa shape index (κ1) is 22.9. The van der Waals surface area contributed by atoms with Crippen molar-refractivity contribution in [2.45, 2.75) is 0 Å². The average Bonchev–Trinajstić information content (AvgIpc) is 3.07. The van der Waals surface area contributed by atoms with Gasteiger partial charge in [-0.1, -0.05) is 24.3 Å². The zero-order chi connectivity index (χ0) is 23.4. The molecule has 0 atom stereocenters. The van der Waals surface area contributed by atoms with Crippen LogP contribution in [-0.2, 0) is 14.3 Å². The fourth-order valence-corrected chi connectivity index (χ4v) is 4.49. The molecule has 172 valence electrons. The van der Waals surface area contributed by atoms with Crippen molar-refractivity contribution in [3.63, 3.8) is 0 Å². The number of hydrogen-bond donors (Lipinski definition) is 1. The minimum atomic E-state index is -0.460. The van der Waals surface area contributed by atoms with Crippen LogP contribution in [0.25, 0.3) is 6.08 Å². The lowest BCUT2D eigenvalue weighted by Gasteiger charge is -2.30. The molecule has 0 spiro atoms. The molecule has 3 amide bonds. The molecule has 2 aromatic rings. The highest BCUT2D eigenvalue weighted by Gasteiger charge is 2.36. The molecule has 0 bridgehead atoms. The van der Waals surface area contributed by atoms with E-state index in [9.17, 15) is 14.4 Å². The number of anilines is 3. The first-order valence-electron chi connectivity index (χ1n) is 10.7. The number of ether oxygens (including phenoxy) is 1. The van der Waals surface area contributed by atoms with Crippen molar-refractivity contribution in [2.75, 3.05) is 62.1 Å². The Balaban J connectivity index is 1.43. The van der Waals surface area contributed by atoms with E-state index < -0.39 is 17.1 Å². The van der Waals surface area contributed by atoms with Crippen LogP contribution in [0.1, 0.15) is 5.56 Å². The normalized spacial score (nSPS) is 17.6. The monoisotopic (exact) mass is 466 g/mol. The fraction of sp³-hybridized carbons (Fsp3) is 0.292. The molecule has 2 saturated heterocycles. The number of nitrogens with one attached hydrogen (secondary N) is 1. The number of rotatable bonds is 6. The molecule has 0 unspecified atom stereocenters. The van der Waals surface area contributed by atoms with Gasteiger partial charge in [-0.15, -0.1) is 0 Å². The third kappa shape index (κ3) is 5.37. The van der Waals surface area contributed by atoms with Crippen LogP contribution in [0.3, 0.4) is 0 Å². The Morgan fingerprint density at radius 1 is 1.09 bits per heavy atom. The van der Waals surface area contributed by atoms with Crippen molar-refractivity contribution in [1.82, 2.24) is 4.90 Å². The van der Waals surface area contributed by atoms with E-state index in [1.807, 2.05) is 67.5 Å². The predicted molar refractivity (Wildman–Crippen MR) is 132 cm³/mol. The van der Waals surface area contributed by atoms with Gasteiger partial charge in [-0.05, 0) is 47.7 Å². The zero-order valence-electron chi connectivity index (χ0n) is 18.6. The van der Waals surface area contributed by atoms with Gasteiger partial charge in [0, 0.05) is 32.9 Å². The standard InChI is InChI=1S/C24H26N4O4S/c1-26(2)18-9-7-17(8-10-18)15-21-23(30)28(24(31)33-21)16-22(29)25-19-5-3-4-6-20(19)27-11-13-32-14-12-27/h3-10,15H,11-14,16H2,1-2H3,(H,25,29)/b21-15+. The van der Waals surface area contributed by atoms with Crippen molar-refractivity contribution in [2.24, 2.45) is 0 Å². The van der Waals surface area contributed by atoms with Crippen molar-refractivity contribution >= 4 is 52.0 Å². The summed E-state index contributed by atoms with van der Waals surface area (Å²) in [6, 6.07) is 15.2. The zero-order valence-corrected chi connectivity index (χ0v) is 19.4. The molecule has 0 aliphatic carbocycles. The van der Waals surface area contributed by atoms with E-state index in [4.69, 9.17) is 4.74 Å². The summed E-state index contributed by atoms with van der Waals surface area (Å²) in [5.41, 5.74) is 3.39. The quantitative estimate of drug-likeness (QED) is 0.655. The lowest BCUT2D eigenvalue weighted by molar-refractivity contribution is -0.127. The lowest BCUT2D eigenvalue weighted by atomic mass is 10.2. The van der Waals surface area contributed by atoms with Crippen LogP contribution in [0.15, 0.2) is 53.4 Å². The molecule has 2 aromatic carbocycles. The number of carbonyl (C=O) groups excluding carboxylic acids is 3. The number of benzene rings is 2. The van der Waals surface area contributed by atoms with Gasteiger partial charge in [0.2, 0.25) is 5.91 Å². The van der Waals surface area contributed by atoms with E-state index in [1.54, 1.807) is 6.08 Å². The van der Waals surface area contributed by atoms with E-state index in [-0.39, 0.29) is 6.54 Å². The maximum atomic E-state index is 12.8. The SMILES string of the molecule is CN(C)c1ccc(/C=C2/SC(=O)N(CC(=O)Nc3ccccc3N3CCOCC3)C2=O)cc1. The first-order chi connectivity index (χ1) is 15.9. The molecule has 33 heavy (non-hydrogen) atoms. The van der Waals surface area contributed by atoms with Crippen molar-refractivity contribution in [3.8, 4) is 0 Å². The Hall–Kier alpha value is -3.30. The summed E-state index contributed by atoms with van der Waals surface area (Å²) >= 11 is 0.847. The minimum Gasteiger partial charge on any atom is -0.378 e. The molecule has 0 aromatic heterocycles. The average molecular weight is 467 g/mol. The molecule has 0 radical (unpaired) electrons. The van der Waals surface area contributed by atoms with Gasteiger partial charge in [0.05, 0.1) is 29.5 Å². The summed E-state index contributed by atoms with van der Waals surface area (Å²) in [6.45, 7) is 2.39. The maximum Gasteiger partial charge on any atom is 0.294 e. The molecule has 2 aliphatic rings. The van der Waals surface area contributed by atoms with Crippen LogP contribution in [0.5, 0.6) is 0 Å². The van der Waals surface area contributed by atoms with Crippen LogP contribution in [0.2, 0.25) is 0 Å². The first-order valence-corrected chi connectivity index (χ1v) is 11.5. The topological polar surface area (TPSA) is 82.2 Å². The van der Waals surface area contributed by atoms with Gasteiger partial charge in [0.25, 0.3) is 11.1 Å². The van der Waals surface area contributed by atoms with Gasteiger partial charge < -0.3 is 19.9 Å². The van der Waals surface area contributed by atoms with E-state index in [1.165, 1.54) is 0 Å². The van der Waals surface area contributed by atoms with E-state index in [0.717, 1.165) is 46.7 Å². The summed E-state index contributed by atoms with van der Waals surface area (Å²) in [4.78, 5) is 43.4. The number of carbonyl (C=O) groups is 3. The van der Waals surface area contributed by atoms with Crippen LogP contribution in [-0.4, -0.2) is 68.9 Å². The molecular formula is C24H26N4O4S. The number of para-hydroxylation sites is 2. The van der Waals surface area contributed by atoms with E-state index in [2.05, 4.69) is 10.2 Å². The summed E-state index contributed by atoms with van der Waals surface area (Å²) < 4.78 is 5.40. The summed E-state index contributed by atoms with van der Waals surface area (Å²) in [5, 5.41) is 2.41. The summed E-state index contributed by atoms with van der Waals surface area (Å²) in [5.74, 6) is -0.882. The van der Waals surface area contributed by atoms with E-state index in [0.29, 0.717) is 23.8 Å². The summed E-state index contributed by atoms with van der Waals surface area (Å²) in [6.07, 6.45) is 1.68. The number of hydrogen-bond acceptors (Lipinski definition) is 7. The van der Waals surface area contributed by atoms with Crippen LogP contribution in [0, 0.1) is 0 Å². The highest BCUT2D eigenvalue weighted by atomic mass is 32.2. The molecule has 1 N–H and O–H groups in total. The number of morpholine rings is 1. The number of amides is 3. The molecule has 2 heterocycles. The Labute approximate surface area is 197 Å². The summed E-state index contributed by atoms with van der Waals surface area (Å²) in [7, 11) is 3.90. The second kappa shape index (κ2) is 10.1. The minimum absolute atomic E-state index is 0.305. The molecule has 2 aliphatic heterocycles. The third-order valence-corrected chi connectivity index (χ3v) is 6.32. The van der Waals surface area contributed by atoms with Crippen molar-refractivity contribution < 1.29 is 19.1 Å². The second-order valence-electron chi connectivity index (χ2n) is 7.92. The van der Waals surface area contributed by atoms with Gasteiger partial charge in [-0.2, -0.15) is 0 Å². The van der Waals surface area contributed by atoms with Gasteiger partial charge in [0.15, 0.2) is 0 Å².